The van der Waals surface area contributed by atoms with Crippen LogP contribution in [0.5, 0.6) is 0 Å². The summed E-state index contributed by atoms with van der Waals surface area (Å²) in [6, 6.07) is 16.5. The summed E-state index contributed by atoms with van der Waals surface area (Å²) in [5.41, 5.74) is 4.05. The van der Waals surface area contributed by atoms with Crippen molar-refractivity contribution in [3.05, 3.63) is 89.5 Å². The van der Waals surface area contributed by atoms with Crippen molar-refractivity contribution in [1.29, 1.82) is 0 Å². The zero-order valence-corrected chi connectivity index (χ0v) is 16.3. The number of carbonyl (C=O) groups excluding carboxylic acids is 1. The number of pyridine rings is 1. The van der Waals surface area contributed by atoms with E-state index in [1.165, 1.54) is 12.1 Å². The van der Waals surface area contributed by atoms with Crippen LogP contribution in [0.1, 0.15) is 41.4 Å². The van der Waals surface area contributed by atoms with Crippen molar-refractivity contribution < 1.29 is 9.18 Å². The molecule has 0 saturated heterocycles. The molecule has 2 aromatic heterocycles. The van der Waals surface area contributed by atoms with Crippen LogP contribution >= 0.6 is 0 Å². The van der Waals surface area contributed by atoms with E-state index in [0.29, 0.717) is 17.7 Å². The second-order valence-corrected chi connectivity index (χ2v) is 7.87. The number of halogens is 1. The van der Waals surface area contributed by atoms with Crippen LogP contribution in [0.3, 0.4) is 0 Å². The highest BCUT2D eigenvalue weighted by atomic mass is 19.1. The van der Waals surface area contributed by atoms with Crippen molar-refractivity contribution in [2.24, 2.45) is 0 Å². The molecule has 0 radical (unpaired) electrons. The van der Waals surface area contributed by atoms with Gasteiger partial charge in [-0.3, -0.25) is 14.9 Å². The molecule has 2 N–H and O–H groups in total. The smallest absolute Gasteiger partial charge is 0.229 e. The number of anilines is 1. The summed E-state index contributed by atoms with van der Waals surface area (Å²) >= 11 is 0. The lowest BCUT2D eigenvalue weighted by Crippen LogP contribution is -2.22. The molecular formula is C24H21FN4O. The minimum atomic E-state index is -0.211. The Morgan fingerprint density at radius 1 is 1.10 bits per heavy atom. The van der Waals surface area contributed by atoms with E-state index >= 15 is 0 Å². The summed E-state index contributed by atoms with van der Waals surface area (Å²) in [5.74, 6) is 1.13. The lowest BCUT2D eigenvalue weighted by atomic mass is 9.69. The van der Waals surface area contributed by atoms with Gasteiger partial charge in [-0.05, 0) is 66.1 Å². The Hall–Kier alpha value is -3.54. The molecule has 1 aliphatic rings. The van der Waals surface area contributed by atoms with Crippen LogP contribution in [0.15, 0.2) is 67.0 Å². The molecule has 1 saturated carbocycles. The van der Waals surface area contributed by atoms with Crippen molar-refractivity contribution >= 4 is 22.6 Å². The Balaban J connectivity index is 1.23. The Kier molecular flexibility index (Phi) is 4.75. The minimum Gasteiger partial charge on any atom is -0.311 e. The number of hydrogen-bond donors (Lipinski definition) is 2. The van der Waals surface area contributed by atoms with Crippen LogP contribution < -0.4 is 5.32 Å². The number of H-pyrrole nitrogens is 1. The number of nitrogens with zero attached hydrogens (tertiary/aromatic N) is 2. The van der Waals surface area contributed by atoms with Crippen molar-refractivity contribution in [2.45, 2.75) is 31.1 Å². The van der Waals surface area contributed by atoms with Crippen molar-refractivity contribution in [1.82, 2.24) is 15.2 Å². The zero-order valence-electron chi connectivity index (χ0n) is 16.3. The van der Waals surface area contributed by atoms with E-state index in [9.17, 15) is 9.18 Å². The van der Waals surface area contributed by atoms with Gasteiger partial charge >= 0.3 is 0 Å². The fourth-order valence-electron chi connectivity index (χ4n) is 4.19. The first-order valence-electron chi connectivity index (χ1n) is 10.1. The van der Waals surface area contributed by atoms with Crippen LogP contribution in [0, 0.1) is 5.82 Å². The molecule has 0 atom stereocenters. The Morgan fingerprint density at radius 2 is 1.93 bits per heavy atom. The number of benzene rings is 2. The number of hydrogen-bond acceptors (Lipinski definition) is 3. The molecule has 4 aromatic rings. The summed E-state index contributed by atoms with van der Waals surface area (Å²) in [6.07, 6.45) is 5.77. The molecule has 30 heavy (non-hydrogen) atoms. The van der Waals surface area contributed by atoms with Crippen molar-refractivity contribution in [3.8, 4) is 0 Å². The molecule has 2 heterocycles. The number of aromatic amines is 1. The molecule has 5 rings (SSSR count). The monoisotopic (exact) mass is 400 g/mol. The van der Waals surface area contributed by atoms with Crippen molar-refractivity contribution in [3.63, 3.8) is 0 Å². The van der Waals surface area contributed by atoms with Gasteiger partial charge in [0.05, 0.1) is 18.1 Å². The molecule has 0 aliphatic heterocycles. The summed E-state index contributed by atoms with van der Waals surface area (Å²) in [7, 11) is 0. The largest absolute Gasteiger partial charge is 0.311 e. The van der Waals surface area contributed by atoms with Crippen LogP contribution in [-0.4, -0.2) is 21.1 Å². The maximum absolute atomic E-state index is 13.1. The molecule has 6 heteroatoms. The average Bonchev–Trinajstić information content (AvgIpc) is 3.15. The third-order valence-corrected chi connectivity index (χ3v) is 5.88. The number of fused-ring (bicyclic) bond motifs is 1. The molecule has 0 unspecified atom stereocenters. The molecule has 2 aromatic carbocycles. The van der Waals surface area contributed by atoms with E-state index in [0.717, 1.165) is 40.4 Å². The van der Waals surface area contributed by atoms with Gasteiger partial charge in [0, 0.05) is 17.1 Å². The van der Waals surface area contributed by atoms with Gasteiger partial charge in [-0.15, -0.1) is 0 Å². The van der Waals surface area contributed by atoms with Gasteiger partial charge in [-0.2, -0.15) is 5.10 Å². The minimum absolute atomic E-state index is 0.0850. The fraction of sp³-hybridized carbons (Fsp3) is 0.208. The predicted molar refractivity (Wildman–Crippen MR) is 114 cm³/mol. The maximum Gasteiger partial charge on any atom is 0.229 e. The lowest BCUT2D eigenvalue weighted by Gasteiger charge is -2.35. The number of aromatic nitrogens is 3. The van der Waals surface area contributed by atoms with Crippen LogP contribution in [0.25, 0.3) is 10.9 Å². The second kappa shape index (κ2) is 7.71. The van der Waals surface area contributed by atoms with E-state index in [-0.39, 0.29) is 18.1 Å². The Labute approximate surface area is 173 Å². The third-order valence-electron chi connectivity index (χ3n) is 5.88. The van der Waals surface area contributed by atoms with E-state index in [4.69, 9.17) is 0 Å². The zero-order chi connectivity index (χ0) is 20.5. The molecular weight excluding hydrogens is 379 g/mol. The van der Waals surface area contributed by atoms with E-state index < -0.39 is 0 Å². The number of carbonyl (C=O) groups is 1. The molecule has 0 bridgehead atoms. The maximum atomic E-state index is 13.1. The van der Waals surface area contributed by atoms with Gasteiger partial charge in [0.1, 0.15) is 11.6 Å². The third kappa shape index (κ3) is 3.68. The van der Waals surface area contributed by atoms with Gasteiger partial charge in [-0.1, -0.05) is 24.3 Å². The Morgan fingerprint density at radius 3 is 2.77 bits per heavy atom. The highest BCUT2D eigenvalue weighted by molar-refractivity contribution is 5.93. The van der Waals surface area contributed by atoms with E-state index in [1.54, 1.807) is 12.4 Å². The van der Waals surface area contributed by atoms with Gasteiger partial charge in [0.2, 0.25) is 5.91 Å². The van der Waals surface area contributed by atoms with E-state index in [2.05, 4.69) is 20.5 Å². The fourth-order valence-corrected chi connectivity index (χ4v) is 4.19. The molecule has 1 aliphatic carbocycles. The average molecular weight is 400 g/mol. The highest BCUT2D eigenvalue weighted by Gasteiger charge is 2.33. The van der Waals surface area contributed by atoms with Gasteiger partial charge in [0.15, 0.2) is 0 Å². The number of nitrogens with one attached hydrogen (secondary N) is 2. The highest BCUT2D eigenvalue weighted by Crippen LogP contribution is 2.48. The number of rotatable bonds is 5. The van der Waals surface area contributed by atoms with Crippen LogP contribution in [0.2, 0.25) is 0 Å². The predicted octanol–water partition coefficient (Wildman–Crippen LogP) is 4.94. The van der Waals surface area contributed by atoms with Crippen LogP contribution in [0.4, 0.5) is 10.2 Å². The first kappa shape index (κ1) is 18.5. The quantitative estimate of drug-likeness (QED) is 0.498. The molecule has 150 valence electrons. The second-order valence-electron chi connectivity index (χ2n) is 7.87. The van der Waals surface area contributed by atoms with Gasteiger partial charge < -0.3 is 5.32 Å². The SMILES string of the molecule is O=C(Cc1ccc2ncccc2c1)Nc1[nH]ncc1C1CC(c2ccc(F)cc2)C1. The molecule has 1 amide bonds. The first-order chi connectivity index (χ1) is 14.7. The van der Waals surface area contributed by atoms with Gasteiger partial charge in [-0.25, -0.2) is 4.39 Å². The molecule has 0 spiro atoms. The summed E-state index contributed by atoms with van der Waals surface area (Å²) < 4.78 is 13.1. The Bertz CT molecular complexity index is 1200. The summed E-state index contributed by atoms with van der Waals surface area (Å²) in [6.45, 7) is 0. The van der Waals surface area contributed by atoms with Crippen LogP contribution in [-0.2, 0) is 11.2 Å². The standard InChI is InChI=1S/C24H21FN4O/c25-20-6-4-16(5-7-20)18-12-19(13-18)21-14-27-29-24(21)28-23(30)11-15-3-8-22-17(10-15)2-1-9-26-22/h1-10,14,18-19H,11-13H2,(H2,27,28,29,30). The number of amides is 1. The molecule has 5 nitrogen and oxygen atoms in total. The van der Waals surface area contributed by atoms with Crippen molar-refractivity contribution in [2.75, 3.05) is 5.32 Å². The lowest BCUT2D eigenvalue weighted by molar-refractivity contribution is -0.115. The summed E-state index contributed by atoms with van der Waals surface area (Å²) in [4.78, 5) is 16.9. The van der Waals surface area contributed by atoms with E-state index in [1.807, 2.05) is 42.5 Å². The van der Waals surface area contributed by atoms with Gasteiger partial charge in [0.25, 0.3) is 0 Å². The normalized spacial score (nSPS) is 18.2. The first-order valence-corrected chi connectivity index (χ1v) is 10.1. The molecule has 1 fully saturated rings. The summed E-state index contributed by atoms with van der Waals surface area (Å²) in [5, 5.41) is 11.1. The topological polar surface area (TPSA) is 70.7 Å².